The van der Waals surface area contributed by atoms with E-state index in [-0.39, 0.29) is 5.91 Å². The number of nitrogens with one attached hydrogen (secondary N) is 2. The van der Waals surface area contributed by atoms with Crippen LogP contribution in [0.3, 0.4) is 0 Å². The number of nitrogen functional groups attached to an aromatic ring is 1. The van der Waals surface area contributed by atoms with Crippen LogP contribution in [-0.4, -0.2) is 20.4 Å². The number of nitrogens with two attached hydrogens (primary N) is 1. The van der Waals surface area contributed by atoms with Crippen LogP contribution in [0.15, 0.2) is 30.9 Å². The minimum Gasteiger partial charge on any atom is -0.345 e. The fourth-order valence-electron chi connectivity index (χ4n) is 1.52. The number of nitrogens with zero attached hydrogens (tertiary/aromatic N) is 3. The molecule has 0 saturated carbocycles. The number of hydrazine groups is 1. The van der Waals surface area contributed by atoms with Crippen molar-refractivity contribution in [2.24, 2.45) is 12.9 Å². The lowest BCUT2D eigenvalue weighted by molar-refractivity contribution is 0.0950. The lowest BCUT2D eigenvalue weighted by Gasteiger charge is -2.08. The monoisotopic (exact) mass is 246 g/mol. The van der Waals surface area contributed by atoms with Gasteiger partial charge in [0, 0.05) is 31.8 Å². The predicted octanol–water partition coefficient (Wildman–Crippen LogP) is 0.0307. The molecule has 0 atom stereocenters. The van der Waals surface area contributed by atoms with E-state index in [0.717, 1.165) is 5.82 Å². The molecule has 0 radical (unpaired) electrons. The maximum atomic E-state index is 11.9. The van der Waals surface area contributed by atoms with Gasteiger partial charge in [-0.3, -0.25) is 15.6 Å². The Morgan fingerprint density at radius 1 is 1.50 bits per heavy atom. The molecule has 0 aliphatic heterocycles. The molecule has 0 aliphatic carbocycles. The number of aromatic nitrogens is 3. The molecule has 2 aromatic heterocycles. The number of amides is 1. The number of rotatable bonds is 4. The molecule has 2 heterocycles. The van der Waals surface area contributed by atoms with Crippen LogP contribution in [0.1, 0.15) is 16.2 Å². The molecule has 4 N–H and O–H groups in total. The van der Waals surface area contributed by atoms with Gasteiger partial charge in [0.2, 0.25) is 0 Å². The van der Waals surface area contributed by atoms with Crippen LogP contribution in [0.5, 0.6) is 0 Å². The molecular weight excluding hydrogens is 232 g/mol. The second kappa shape index (κ2) is 5.28. The number of aryl methyl sites for hydroxylation is 1. The van der Waals surface area contributed by atoms with E-state index in [9.17, 15) is 4.79 Å². The van der Waals surface area contributed by atoms with E-state index in [1.54, 1.807) is 18.5 Å². The molecule has 0 saturated heterocycles. The van der Waals surface area contributed by atoms with Crippen LogP contribution < -0.4 is 16.6 Å². The number of hydrogen-bond acceptors (Lipinski definition) is 5. The molecular formula is C11H14N6O. The number of imidazole rings is 1. The average molecular weight is 246 g/mol. The number of hydrogen-bond donors (Lipinski definition) is 3. The van der Waals surface area contributed by atoms with E-state index < -0.39 is 0 Å². The summed E-state index contributed by atoms with van der Waals surface area (Å²) >= 11 is 0. The summed E-state index contributed by atoms with van der Waals surface area (Å²) in [6.45, 7) is 0.348. The van der Waals surface area contributed by atoms with Crippen molar-refractivity contribution >= 4 is 11.6 Å². The maximum Gasteiger partial charge on any atom is 0.255 e. The summed E-state index contributed by atoms with van der Waals surface area (Å²) in [7, 11) is 1.87. The summed E-state index contributed by atoms with van der Waals surface area (Å²) in [5.74, 6) is 5.85. The average Bonchev–Trinajstić information content (AvgIpc) is 2.81. The Morgan fingerprint density at radius 3 is 3.00 bits per heavy atom. The molecule has 2 rings (SSSR count). The highest BCUT2D eigenvalue weighted by Crippen LogP contribution is 2.11. The van der Waals surface area contributed by atoms with Gasteiger partial charge in [-0.1, -0.05) is 0 Å². The standard InChI is InChI=1S/C11H14N6O/c1-17-5-4-14-10(17)7-15-11(18)8-6-13-3-2-9(8)16-12/h2-6H,7,12H2,1H3,(H,13,16)(H,15,18). The Labute approximate surface area is 104 Å². The van der Waals surface area contributed by atoms with Crippen molar-refractivity contribution < 1.29 is 4.79 Å². The normalized spacial score (nSPS) is 10.1. The van der Waals surface area contributed by atoms with Crippen LogP contribution in [0, 0.1) is 0 Å². The molecule has 0 fully saturated rings. The van der Waals surface area contributed by atoms with Crippen LogP contribution in [-0.2, 0) is 13.6 Å². The second-order valence-corrected chi connectivity index (χ2v) is 3.70. The zero-order valence-electron chi connectivity index (χ0n) is 9.92. The van der Waals surface area contributed by atoms with Gasteiger partial charge in [0.1, 0.15) is 5.82 Å². The third-order valence-corrected chi connectivity index (χ3v) is 2.55. The molecule has 2 aromatic rings. The largest absolute Gasteiger partial charge is 0.345 e. The summed E-state index contributed by atoms with van der Waals surface area (Å²) < 4.78 is 1.84. The number of carbonyl (C=O) groups excluding carboxylic acids is 1. The molecule has 0 spiro atoms. The molecule has 0 aliphatic rings. The Morgan fingerprint density at radius 2 is 2.33 bits per heavy atom. The van der Waals surface area contributed by atoms with E-state index in [1.807, 2.05) is 17.8 Å². The lowest BCUT2D eigenvalue weighted by atomic mass is 10.2. The minimum atomic E-state index is -0.251. The third-order valence-electron chi connectivity index (χ3n) is 2.55. The molecule has 7 heteroatoms. The molecule has 7 nitrogen and oxygen atoms in total. The van der Waals surface area contributed by atoms with Gasteiger partial charge in [-0.05, 0) is 6.07 Å². The smallest absolute Gasteiger partial charge is 0.255 e. The van der Waals surface area contributed by atoms with Crippen LogP contribution >= 0.6 is 0 Å². The van der Waals surface area contributed by atoms with Crippen molar-refractivity contribution in [3.63, 3.8) is 0 Å². The van der Waals surface area contributed by atoms with Crippen molar-refractivity contribution in [1.29, 1.82) is 0 Å². The fourth-order valence-corrected chi connectivity index (χ4v) is 1.52. The van der Waals surface area contributed by atoms with Crippen molar-refractivity contribution in [2.75, 3.05) is 5.43 Å². The summed E-state index contributed by atoms with van der Waals surface area (Å²) in [5, 5.41) is 2.76. The van der Waals surface area contributed by atoms with Gasteiger partial charge in [-0.15, -0.1) is 0 Å². The number of pyridine rings is 1. The minimum absolute atomic E-state index is 0.251. The van der Waals surface area contributed by atoms with Crippen molar-refractivity contribution in [2.45, 2.75) is 6.54 Å². The predicted molar refractivity (Wildman–Crippen MR) is 66.4 cm³/mol. The fraction of sp³-hybridized carbons (Fsp3) is 0.182. The second-order valence-electron chi connectivity index (χ2n) is 3.70. The maximum absolute atomic E-state index is 11.9. The van der Waals surface area contributed by atoms with Gasteiger partial charge in [0.15, 0.2) is 0 Å². The Kier molecular flexibility index (Phi) is 3.54. The Balaban J connectivity index is 2.06. The first-order valence-electron chi connectivity index (χ1n) is 5.37. The Hall–Kier alpha value is -2.41. The molecule has 1 amide bonds. The van der Waals surface area contributed by atoms with Gasteiger partial charge in [-0.2, -0.15) is 0 Å². The quantitative estimate of drug-likeness (QED) is 0.522. The van der Waals surface area contributed by atoms with Crippen LogP contribution in [0.2, 0.25) is 0 Å². The molecule has 18 heavy (non-hydrogen) atoms. The lowest BCUT2D eigenvalue weighted by Crippen LogP contribution is -2.26. The van der Waals surface area contributed by atoms with E-state index >= 15 is 0 Å². The highest BCUT2D eigenvalue weighted by molar-refractivity contribution is 5.99. The van der Waals surface area contributed by atoms with Crippen molar-refractivity contribution in [1.82, 2.24) is 19.9 Å². The van der Waals surface area contributed by atoms with Gasteiger partial charge in [-0.25, -0.2) is 4.98 Å². The Bertz CT molecular complexity index is 550. The topological polar surface area (TPSA) is 97.9 Å². The van der Waals surface area contributed by atoms with Gasteiger partial charge < -0.3 is 15.3 Å². The summed E-state index contributed by atoms with van der Waals surface area (Å²) in [5.41, 5.74) is 3.39. The molecule has 0 bridgehead atoms. The zero-order valence-corrected chi connectivity index (χ0v) is 9.92. The van der Waals surface area contributed by atoms with E-state index in [4.69, 9.17) is 5.84 Å². The van der Waals surface area contributed by atoms with Gasteiger partial charge >= 0.3 is 0 Å². The number of carbonyl (C=O) groups is 1. The van der Waals surface area contributed by atoms with E-state index in [1.165, 1.54) is 6.20 Å². The third kappa shape index (κ3) is 2.46. The first-order chi connectivity index (χ1) is 8.72. The SMILES string of the molecule is Cn1ccnc1CNC(=O)c1cnccc1NN. The zero-order chi connectivity index (χ0) is 13.0. The van der Waals surface area contributed by atoms with Crippen LogP contribution in [0.4, 0.5) is 5.69 Å². The highest BCUT2D eigenvalue weighted by atomic mass is 16.1. The van der Waals surface area contributed by atoms with Crippen LogP contribution in [0.25, 0.3) is 0 Å². The molecule has 0 unspecified atom stereocenters. The van der Waals surface area contributed by atoms with Gasteiger partial charge in [0.05, 0.1) is 17.8 Å². The highest BCUT2D eigenvalue weighted by Gasteiger charge is 2.11. The molecule has 0 aromatic carbocycles. The summed E-state index contributed by atoms with van der Waals surface area (Å²) in [6.07, 6.45) is 6.52. The number of anilines is 1. The first kappa shape index (κ1) is 12.1. The van der Waals surface area contributed by atoms with Crippen molar-refractivity contribution in [3.05, 3.63) is 42.2 Å². The van der Waals surface area contributed by atoms with Gasteiger partial charge in [0.25, 0.3) is 5.91 Å². The molecule has 94 valence electrons. The van der Waals surface area contributed by atoms with E-state index in [0.29, 0.717) is 17.8 Å². The summed E-state index contributed by atoms with van der Waals surface area (Å²) in [6, 6.07) is 1.63. The van der Waals surface area contributed by atoms with Crippen molar-refractivity contribution in [3.8, 4) is 0 Å². The first-order valence-corrected chi connectivity index (χ1v) is 5.37. The summed E-state index contributed by atoms with van der Waals surface area (Å²) in [4.78, 5) is 20.0. The van der Waals surface area contributed by atoms with E-state index in [2.05, 4.69) is 20.7 Å².